The minimum atomic E-state index is -1.28. The largest absolute Gasteiger partial charge is 0.484 e. The maximum absolute atomic E-state index is 14.0. The summed E-state index contributed by atoms with van der Waals surface area (Å²) in [4.78, 5) is 70.2. The molecule has 252 valence electrons. The maximum atomic E-state index is 14.0. The third kappa shape index (κ3) is 9.09. The normalized spacial score (nSPS) is 24.4. The van der Waals surface area contributed by atoms with Crippen LogP contribution in [0.15, 0.2) is 54.6 Å². The van der Waals surface area contributed by atoms with Gasteiger partial charge in [-0.1, -0.05) is 56.3 Å². The van der Waals surface area contributed by atoms with E-state index in [9.17, 15) is 29.1 Å². The lowest BCUT2D eigenvalue weighted by atomic mass is 9.93. The second kappa shape index (κ2) is 15.4. The van der Waals surface area contributed by atoms with Gasteiger partial charge in [-0.25, -0.2) is 0 Å². The first-order valence-electron chi connectivity index (χ1n) is 16.5. The summed E-state index contributed by atoms with van der Waals surface area (Å²) in [5, 5.41) is 18.6. The molecule has 2 aromatic rings. The Morgan fingerprint density at radius 3 is 2.38 bits per heavy atom. The average molecular weight is 648 g/mol. The van der Waals surface area contributed by atoms with Gasteiger partial charge in [0.05, 0.1) is 19.2 Å². The number of aliphatic hydroxyl groups is 1. The van der Waals surface area contributed by atoms with E-state index in [1.807, 2.05) is 50.2 Å². The number of hydrogen-bond donors (Lipinski definition) is 4. The summed E-state index contributed by atoms with van der Waals surface area (Å²) in [7, 11) is 0. The SMILES string of the molecule is CC(C)CCN1CC(=O)N[C@@H](Cc2ccccc2)C(=O)N[C@@H]2CN(C(=O)C3CC3)C[C@H]2c2cccc(c2)OCC(=O)N[C@@H](CO)C1=O. The van der Waals surface area contributed by atoms with Crippen LogP contribution in [-0.4, -0.2) is 102 Å². The smallest absolute Gasteiger partial charge is 0.258 e. The summed E-state index contributed by atoms with van der Waals surface area (Å²) in [5.74, 6) is -1.70. The van der Waals surface area contributed by atoms with Crippen LogP contribution in [0.2, 0.25) is 0 Å². The number of carbonyl (C=O) groups excluding carboxylic acids is 5. The Kier molecular flexibility index (Phi) is 11.1. The van der Waals surface area contributed by atoms with E-state index in [1.54, 1.807) is 23.1 Å². The number of benzene rings is 2. The van der Waals surface area contributed by atoms with Crippen LogP contribution >= 0.6 is 0 Å². The van der Waals surface area contributed by atoms with Crippen molar-refractivity contribution < 1.29 is 33.8 Å². The van der Waals surface area contributed by atoms with E-state index < -0.39 is 55.0 Å². The van der Waals surface area contributed by atoms with Gasteiger partial charge in [0, 0.05) is 37.9 Å². The summed E-state index contributed by atoms with van der Waals surface area (Å²) in [6.07, 6.45) is 2.51. The third-order valence-corrected chi connectivity index (χ3v) is 8.91. The zero-order valence-electron chi connectivity index (χ0n) is 27.0. The molecule has 2 aliphatic heterocycles. The molecule has 12 nitrogen and oxygen atoms in total. The first-order chi connectivity index (χ1) is 22.6. The predicted octanol–water partition coefficient (Wildman–Crippen LogP) is 0.979. The number of nitrogens with zero attached hydrogens (tertiary/aromatic N) is 2. The van der Waals surface area contributed by atoms with E-state index in [0.717, 1.165) is 24.0 Å². The van der Waals surface area contributed by atoms with E-state index in [0.29, 0.717) is 25.3 Å². The van der Waals surface area contributed by atoms with Gasteiger partial charge in [0.25, 0.3) is 5.91 Å². The first-order valence-corrected chi connectivity index (χ1v) is 16.5. The van der Waals surface area contributed by atoms with Crippen LogP contribution < -0.4 is 20.7 Å². The monoisotopic (exact) mass is 647 g/mol. The quantitative estimate of drug-likeness (QED) is 0.349. The zero-order chi connectivity index (χ0) is 33.5. The molecular formula is C35H45N5O7. The number of carbonyl (C=O) groups is 5. The van der Waals surface area contributed by atoms with Gasteiger partial charge < -0.3 is 35.6 Å². The topological polar surface area (TPSA) is 157 Å². The van der Waals surface area contributed by atoms with Crippen molar-refractivity contribution in [3.8, 4) is 5.75 Å². The molecule has 4 N–H and O–H groups in total. The van der Waals surface area contributed by atoms with Crippen molar-refractivity contribution in [2.75, 3.05) is 39.4 Å². The van der Waals surface area contributed by atoms with E-state index >= 15 is 0 Å². The molecule has 47 heavy (non-hydrogen) atoms. The molecule has 0 unspecified atom stereocenters. The number of rotatable bonds is 7. The molecule has 5 rings (SSSR count). The highest BCUT2D eigenvalue weighted by atomic mass is 16.5. The second-order valence-electron chi connectivity index (χ2n) is 13.2. The average Bonchev–Trinajstić information content (AvgIpc) is 3.83. The summed E-state index contributed by atoms with van der Waals surface area (Å²) >= 11 is 0. The van der Waals surface area contributed by atoms with Gasteiger partial charge in [-0.15, -0.1) is 0 Å². The van der Waals surface area contributed by atoms with Crippen molar-refractivity contribution >= 4 is 29.5 Å². The van der Waals surface area contributed by atoms with Gasteiger partial charge in [-0.3, -0.25) is 24.0 Å². The Morgan fingerprint density at radius 2 is 1.68 bits per heavy atom. The molecule has 2 heterocycles. The van der Waals surface area contributed by atoms with Crippen LogP contribution in [0.5, 0.6) is 5.75 Å². The van der Waals surface area contributed by atoms with Gasteiger partial charge in [0.2, 0.25) is 23.6 Å². The van der Waals surface area contributed by atoms with E-state index in [2.05, 4.69) is 16.0 Å². The highest BCUT2D eigenvalue weighted by Crippen LogP contribution is 2.36. The molecule has 0 spiro atoms. The Labute approximate surface area is 275 Å². The number of fused-ring (bicyclic) bond motifs is 4. The number of aliphatic hydroxyl groups excluding tert-OH is 1. The Morgan fingerprint density at radius 1 is 0.936 bits per heavy atom. The molecule has 2 aromatic carbocycles. The van der Waals surface area contributed by atoms with E-state index in [1.165, 1.54) is 4.90 Å². The fourth-order valence-corrected chi connectivity index (χ4v) is 6.12. The number of nitrogens with one attached hydrogen (secondary N) is 3. The van der Waals surface area contributed by atoms with Crippen molar-refractivity contribution in [2.24, 2.45) is 11.8 Å². The summed E-state index contributed by atoms with van der Waals surface area (Å²) < 4.78 is 5.78. The van der Waals surface area contributed by atoms with Crippen LogP contribution in [-0.2, 0) is 30.4 Å². The fraction of sp³-hybridized carbons (Fsp3) is 0.514. The van der Waals surface area contributed by atoms with Crippen molar-refractivity contribution in [1.29, 1.82) is 0 Å². The van der Waals surface area contributed by atoms with Crippen LogP contribution in [0, 0.1) is 11.8 Å². The molecular weight excluding hydrogens is 602 g/mol. The zero-order valence-corrected chi connectivity index (χ0v) is 27.0. The van der Waals surface area contributed by atoms with Crippen molar-refractivity contribution in [3.05, 3.63) is 65.7 Å². The van der Waals surface area contributed by atoms with Gasteiger partial charge in [-0.05, 0) is 48.4 Å². The lowest BCUT2D eigenvalue weighted by Gasteiger charge is -2.29. The highest BCUT2D eigenvalue weighted by Gasteiger charge is 2.42. The molecule has 0 radical (unpaired) electrons. The molecule has 0 aromatic heterocycles. The van der Waals surface area contributed by atoms with Crippen LogP contribution in [0.3, 0.4) is 0 Å². The van der Waals surface area contributed by atoms with Crippen LogP contribution in [0.1, 0.15) is 50.2 Å². The molecule has 1 aliphatic carbocycles. The Balaban J connectivity index is 1.47. The Hall–Kier alpha value is -4.45. The minimum absolute atomic E-state index is 0.0157. The number of ether oxygens (including phenoxy) is 1. The van der Waals surface area contributed by atoms with Crippen molar-refractivity contribution in [1.82, 2.24) is 25.8 Å². The lowest BCUT2D eigenvalue weighted by Crippen LogP contribution is -2.56. The maximum Gasteiger partial charge on any atom is 0.258 e. The van der Waals surface area contributed by atoms with Gasteiger partial charge in [0.15, 0.2) is 6.61 Å². The highest BCUT2D eigenvalue weighted by molar-refractivity contribution is 5.93. The summed E-state index contributed by atoms with van der Waals surface area (Å²) in [5.41, 5.74) is 1.66. The molecule has 1 saturated carbocycles. The van der Waals surface area contributed by atoms with E-state index in [-0.39, 0.29) is 43.2 Å². The predicted molar refractivity (Wildman–Crippen MR) is 173 cm³/mol. The van der Waals surface area contributed by atoms with Gasteiger partial charge in [0.1, 0.15) is 17.8 Å². The third-order valence-electron chi connectivity index (χ3n) is 8.91. The first kappa shape index (κ1) is 33.9. The number of hydrogen-bond acceptors (Lipinski definition) is 7. The molecule has 5 amide bonds. The van der Waals surface area contributed by atoms with Gasteiger partial charge in [-0.2, -0.15) is 0 Å². The van der Waals surface area contributed by atoms with Crippen LogP contribution in [0.25, 0.3) is 0 Å². The number of amides is 5. The molecule has 4 atom stereocenters. The van der Waals surface area contributed by atoms with E-state index in [4.69, 9.17) is 4.74 Å². The lowest BCUT2D eigenvalue weighted by molar-refractivity contribution is -0.141. The molecule has 12 heteroatoms. The molecule has 2 fully saturated rings. The summed E-state index contributed by atoms with van der Waals surface area (Å²) in [6.45, 7) is 3.48. The standard InChI is InChI=1S/C35H45N5O7/c1-22(2)13-14-39-19-31(42)36-28(15-23-7-4-3-5-8-23)33(44)38-29-18-40(34(45)24-11-12-24)17-27(29)25-9-6-10-26(16-25)47-21-32(43)37-30(20-41)35(39)46/h3-10,16,22,24,27-30,41H,11-15,17-21H2,1-2H3,(H,36,42)(H,37,43)(H,38,44)/t27-,28-,29+,30-/m0/s1. The fourth-order valence-electron chi connectivity index (χ4n) is 6.12. The van der Waals surface area contributed by atoms with Crippen molar-refractivity contribution in [3.63, 3.8) is 0 Å². The molecule has 3 aliphatic rings. The molecule has 2 bridgehead atoms. The van der Waals surface area contributed by atoms with Gasteiger partial charge >= 0.3 is 0 Å². The second-order valence-corrected chi connectivity index (χ2v) is 13.2. The van der Waals surface area contributed by atoms with Crippen LogP contribution in [0.4, 0.5) is 0 Å². The molecule has 1 saturated heterocycles. The van der Waals surface area contributed by atoms with Crippen molar-refractivity contribution in [2.45, 2.75) is 63.6 Å². The number of likely N-dealkylation sites (tertiary alicyclic amines) is 1. The Bertz CT molecular complexity index is 1450. The summed E-state index contributed by atoms with van der Waals surface area (Å²) in [6, 6.07) is 13.8. The minimum Gasteiger partial charge on any atom is -0.484 e.